The zero-order chi connectivity index (χ0) is 11.4. The van der Waals surface area contributed by atoms with E-state index in [9.17, 15) is 0 Å². The first-order valence-electron chi connectivity index (χ1n) is 6.48. The van der Waals surface area contributed by atoms with Crippen LogP contribution in [0.5, 0.6) is 0 Å². The Labute approximate surface area is 95.4 Å². The molecule has 0 spiro atoms. The summed E-state index contributed by atoms with van der Waals surface area (Å²) in [4.78, 5) is 2.55. The minimum atomic E-state index is 0.740. The van der Waals surface area contributed by atoms with Crippen molar-refractivity contribution in [2.24, 2.45) is 5.73 Å². The van der Waals surface area contributed by atoms with E-state index in [1.54, 1.807) is 0 Å². The average molecular weight is 215 g/mol. The molecular weight excluding hydrogens is 186 g/mol. The van der Waals surface area contributed by atoms with Gasteiger partial charge in [0.15, 0.2) is 0 Å². The van der Waals surface area contributed by atoms with Crippen LogP contribution >= 0.6 is 0 Å². The lowest BCUT2D eigenvalue weighted by molar-refractivity contribution is 0.268. The second kappa shape index (κ2) is 12.0. The summed E-state index contributed by atoms with van der Waals surface area (Å²) in [5, 5.41) is 3.35. The fourth-order valence-corrected chi connectivity index (χ4v) is 1.70. The molecule has 15 heavy (non-hydrogen) atoms. The highest BCUT2D eigenvalue weighted by atomic mass is 15.1. The Balaban J connectivity index is 3.44. The summed E-state index contributed by atoms with van der Waals surface area (Å²) in [6.45, 7) is 10.9. The lowest BCUT2D eigenvalue weighted by Crippen LogP contribution is -2.35. The first-order valence-corrected chi connectivity index (χ1v) is 6.48. The fraction of sp³-hybridized carbons (Fsp3) is 1.00. The van der Waals surface area contributed by atoms with Gasteiger partial charge in [0.1, 0.15) is 0 Å². The highest BCUT2D eigenvalue weighted by Crippen LogP contribution is 1.98. The van der Waals surface area contributed by atoms with E-state index in [0.29, 0.717) is 0 Å². The van der Waals surface area contributed by atoms with Crippen molar-refractivity contribution in [1.82, 2.24) is 10.2 Å². The molecule has 0 unspecified atom stereocenters. The van der Waals surface area contributed by atoms with Crippen molar-refractivity contribution < 1.29 is 0 Å². The molecule has 0 rings (SSSR count). The van der Waals surface area contributed by atoms with Crippen LogP contribution in [-0.2, 0) is 0 Å². The molecule has 0 heterocycles. The first kappa shape index (κ1) is 14.9. The molecule has 0 amide bonds. The van der Waals surface area contributed by atoms with Crippen molar-refractivity contribution in [2.75, 3.05) is 39.3 Å². The summed E-state index contributed by atoms with van der Waals surface area (Å²) in [6.07, 6.45) is 5.26. The summed E-state index contributed by atoms with van der Waals surface area (Å²) in [5.41, 5.74) is 5.43. The second-order valence-electron chi connectivity index (χ2n) is 4.09. The van der Waals surface area contributed by atoms with Crippen molar-refractivity contribution in [2.45, 2.75) is 39.5 Å². The Bertz CT molecular complexity index is 117. The minimum Gasteiger partial charge on any atom is -0.329 e. The number of hydrogen-bond acceptors (Lipinski definition) is 3. The van der Waals surface area contributed by atoms with E-state index < -0.39 is 0 Å². The molecule has 0 aliphatic carbocycles. The molecule has 3 heteroatoms. The van der Waals surface area contributed by atoms with Gasteiger partial charge >= 0.3 is 0 Å². The highest BCUT2D eigenvalue weighted by Gasteiger charge is 2.02. The lowest BCUT2D eigenvalue weighted by Gasteiger charge is -2.21. The van der Waals surface area contributed by atoms with Gasteiger partial charge in [-0.2, -0.15) is 0 Å². The number of nitrogens with one attached hydrogen (secondary N) is 1. The van der Waals surface area contributed by atoms with Gasteiger partial charge in [0, 0.05) is 26.2 Å². The third-order valence-corrected chi connectivity index (χ3v) is 2.54. The molecule has 0 radical (unpaired) electrons. The van der Waals surface area contributed by atoms with Crippen molar-refractivity contribution >= 4 is 0 Å². The zero-order valence-corrected chi connectivity index (χ0v) is 10.6. The van der Waals surface area contributed by atoms with E-state index in [1.807, 2.05) is 0 Å². The summed E-state index contributed by atoms with van der Waals surface area (Å²) < 4.78 is 0. The third-order valence-electron chi connectivity index (χ3n) is 2.54. The van der Waals surface area contributed by atoms with Gasteiger partial charge in [-0.15, -0.1) is 0 Å². The highest BCUT2D eigenvalue weighted by molar-refractivity contribution is 4.59. The first-order chi connectivity index (χ1) is 7.35. The molecule has 0 aromatic heterocycles. The van der Waals surface area contributed by atoms with Gasteiger partial charge in [-0.05, 0) is 25.9 Å². The second-order valence-corrected chi connectivity index (χ2v) is 4.09. The summed E-state index contributed by atoms with van der Waals surface area (Å²) in [6, 6.07) is 0. The number of rotatable bonds is 11. The minimum absolute atomic E-state index is 0.740. The average Bonchev–Trinajstić information content (AvgIpc) is 2.24. The van der Waals surface area contributed by atoms with E-state index in [1.165, 1.54) is 38.8 Å². The Morgan fingerprint density at radius 1 is 0.933 bits per heavy atom. The number of nitrogens with zero attached hydrogens (tertiary/aromatic N) is 1. The van der Waals surface area contributed by atoms with E-state index in [2.05, 4.69) is 24.1 Å². The molecule has 0 atom stereocenters. The molecule has 3 N–H and O–H groups in total. The van der Waals surface area contributed by atoms with Crippen LogP contribution in [0.1, 0.15) is 39.5 Å². The normalized spacial score (nSPS) is 11.2. The predicted octanol–water partition coefficient (Wildman–Crippen LogP) is 1.44. The third kappa shape index (κ3) is 10.2. The van der Waals surface area contributed by atoms with Crippen LogP contribution in [-0.4, -0.2) is 44.2 Å². The Morgan fingerprint density at radius 2 is 1.73 bits per heavy atom. The number of nitrogens with two attached hydrogens (primary N) is 1. The van der Waals surface area contributed by atoms with Crippen LogP contribution in [0.15, 0.2) is 0 Å². The Hall–Kier alpha value is -0.120. The van der Waals surface area contributed by atoms with Crippen molar-refractivity contribution in [3.8, 4) is 0 Å². The molecule has 0 aromatic carbocycles. The van der Waals surface area contributed by atoms with E-state index >= 15 is 0 Å². The SMILES string of the molecule is CCCCCN(CCC)CCNCCN. The summed E-state index contributed by atoms with van der Waals surface area (Å²) >= 11 is 0. The van der Waals surface area contributed by atoms with Crippen LogP contribution in [0.2, 0.25) is 0 Å². The molecular formula is C12H29N3. The number of unbranched alkanes of at least 4 members (excludes halogenated alkanes) is 2. The molecule has 0 aliphatic rings. The van der Waals surface area contributed by atoms with E-state index in [0.717, 1.165) is 26.2 Å². The maximum absolute atomic E-state index is 5.43. The predicted molar refractivity (Wildman–Crippen MR) is 68.2 cm³/mol. The van der Waals surface area contributed by atoms with Crippen LogP contribution in [0, 0.1) is 0 Å². The molecule has 3 nitrogen and oxygen atoms in total. The quantitative estimate of drug-likeness (QED) is 0.512. The van der Waals surface area contributed by atoms with Gasteiger partial charge < -0.3 is 16.0 Å². The fourth-order valence-electron chi connectivity index (χ4n) is 1.70. The van der Waals surface area contributed by atoms with Crippen molar-refractivity contribution in [3.63, 3.8) is 0 Å². The van der Waals surface area contributed by atoms with E-state index in [4.69, 9.17) is 5.73 Å². The van der Waals surface area contributed by atoms with Crippen LogP contribution in [0.3, 0.4) is 0 Å². The van der Waals surface area contributed by atoms with Gasteiger partial charge in [-0.1, -0.05) is 26.7 Å². The Kier molecular flexibility index (Phi) is 11.9. The van der Waals surface area contributed by atoms with Crippen molar-refractivity contribution in [1.29, 1.82) is 0 Å². The molecule has 0 aromatic rings. The van der Waals surface area contributed by atoms with Gasteiger partial charge in [0.05, 0.1) is 0 Å². The molecule has 92 valence electrons. The molecule has 0 bridgehead atoms. The molecule has 0 fully saturated rings. The van der Waals surface area contributed by atoms with Gasteiger partial charge in [0.2, 0.25) is 0 Å². The zero-order valence-electron chi connectivity index (χ0n) is 10.6. The van der Waals surface area contributed by atoms with E-state index in [-0.39, 0.29) is 0 Å². The number of hydrogen-bond donors (Lipinski definition) is 2. The van der Waals surface area contributed by atoms with Gasteiger partial charge in [0.25, 0.3) is 0 Å². The maximum Gasteiger partial charge on any atom is 0.0107 e. The Morgan fingerprint density at radius 3 is 2.33 bits per heavy atom. The summed E-state index contributed by atoms with van der Waals surface area (Å²) in [5.74, 6) is 0. The largest absolute Gasteiger partial charge is 0.329 e. The monoisotopic (exact) mass is 215 g/mol. The molecule has 0 aliphatic heterocycles. The molecule has 0 saturated carbocycles. The van der Waals surface area contributed by atoms with Gasteiger partial charge in [-0.25, -0.2) is 0 Å². The van der Waals surface area contributed by atoms with Crippen LogP contribution < -0.4 is 11.1 Å². The summed E-state index contributed by atoms with van der Waals surface area (Å²) in [7, 11) is 0. The standard InChI is InChI=1S/C12H29N3/c1-3-5-6-11-15(10-4-2)12-9-14-8-7-13/h14H,3-13H2,1-2H3. The van der Waals surface area contributed by atoms with Gasteiger partial charge in [-0.3, -0.25) is 0 Å². The van der Waals surface area contributed by atoms with Crippen LogP contribution in [0.4, 0.5) is 0 Å². The topological polar surface area (TPSA) is 41.3 Å². The molecule has 0 saturated heterocycles. The smallest absolute Gasteiger partial charge is 0.0107 e. The lowest BCUT2D eigenvalue weighted by atomic mass is 10.2. The maximum atomic E-state index is 5.43. The van der Waals surface area contributed by atoms with Crippen LogP contribution in [0.25, 0.3) is 0 Å². The van der Waals surface area contributed by atoms with Crippen molar-refractivity contribution in [3.05, 3.63) is 0 Å².